The van der Waals surface area contributed by atoms with E-state index in [1.165, 1.54) is 22.2 Å². The third-order valence-corrected chi connectivity index (χ3v) is 5.31. The molecule has 2 aromatic heterocycles. The van der Waals surface area contributed by atoms with Crippen molar-refractivity contribution in [3.05, 3.63) is 62.3 Å². The van der Waals surface area contributed by atoms with Crippen molar-refractivity contribution in [2.45, 2.75) is 26.8 Å². The highest BCUT2D eigenvalue weighted by Gasteiger charge is 2.13. The van der Waals surface area contributed by atoms with Gasteiger partial charge >= 0.3 is 0 Å². The van der Waals surface area contributed by atoms with Crippen LogP contribution in [0.3, 0.4) is 0 Å². The second-order valence-corrected chi connectivity index (χ2v) is 6.90. The number of aryl methyl sites for hydroxylation is 2. The van der Waals surface area contributed by atoms with E-state index in [1.807, 2.05) is 13.8 Å². The lowest BCUT2D eigenvalue weighted by Gasteiger charge is -2.08. The van der Waals surface area contributed by atoms with Crippen molar-refractivity contribution in [1.29, 1.82) is 0 Å². The molecule has 0 radical (unpaired) electrons. The van der Waals surface area contributed by atoms with Gasteiger partial charge in [-0.1, -0.05) is 19.1 Å². The summed E-state index contributed by atoms with van der Waals surface area (Å²) in [5, 5.41) is 0.438. The molecule has 0 atom stereocenters. The van der Waals surface area contributed by atoms with Crippen molar-refractivity contribution < 1.29 is 9.59 Å². The number of hydrogen-bond donors (Lipinski definition) is 2. The smallest absolute Gasteiger partial charge is 0.279 e. The van der Waals surface area contributed by atoms with E-state index in [0.29, 0.717) is 15.8 Å². The minimum absolute atomic E-state index is 0.235. The van der Waals surface area contributed by atoms with E-state index >= 15 is 0 Å². The number of thiophene rings is 1. The van der Waals surface area contributed by atoms with Gasteiger partial charge in [-0.15, -0.1) is 11.3 Å². The normalized spacial score (nSPS) is 10.7. The van der Waals surface area contributed by atoms with Crippen LogP contribution in [-0.4, -0.2) is 21.4 Å². The van der Waals surface area contributed by atoms with Crippen molar-refractivity contribution in [3.8, 4) is 0 Å². The Morgan fingerprint density at radius 3 is 2.73 bits per heavy atom. The summed E-state index contributed by atoms with van der Waals surface area (Å²) in [7, 11) is 0. The van der Waals surface area contributed by atoms with Crippen LogP contribution in [-0.2, 0) is 17.8 Å². The van der Waals surface area contributed by atoms with E-state index in [2.05, 4.69) is 15.8 Å². The third-order valence-electron chi connectivity index (χ3n) is 3.93. The molecule has 0 aliphatic rings. The standard InChI is InChI=1S/C18H18N4O3S/c1-3-14-11(2)8-15(26-14)17(24)21-20-16(23)9-22-10-19-13-7-5-4-6-12(13)18(22)25/h4-8,10H,3,9H2,1-2H3,(H,20,23)(H,21,24). The van der Waals surface area contributed by atoms with Crippen LogP contribution in [0, 0.1) is 6.92 Å². The van der Waals surface area contributed by atoms with Gasteiger partial charge in [-0.3, -0.25) is 29.8 Å². The van der Waals surface area contributed by atoms with Gasteiger partial charge < -0.3 is 0 Å². The van der Waals surface area contributed by atoms with E-state index in [9.17, 15) is 14.4 Å². The Kier molecular flexibility index (Phi) is 5.13. The lowest BCUT2D eigenvalue weighted by Crippen LogP contribution is -2.44. The van der Waals surface area contributed by atoms with Gasteiger partial charge in [-0.05, 0) is 37.1 Å². The van der Waals surface area contributed by atoms with Crippen LogP contribution >= 0.6 is 11.3 Å². The minimum Gasteiger partial charge on any atom is -0.289 e. The molecule has 26 heavy (non-hydrogen) atoms. The molecule has 2 amide bonds. The lowest BCUT2D eigenvalue weighted by atomic mass is 10.2. The largest absolute Gasteiger partial charge is 0.289 e. The number of carbonyl (C=O) groups is 2. The van der Waals surface area contributed by atoms with Crippen LogP contribution in [0.4, 0.5) is 0 Å². The summed E-state index contributed by atoms with van der Waals surface area (Å²) in [5.41, 5.74) is 6.03. The summed E-state index contributed by atoms with van der Waals surface area (Å²) < 4.78 is 1.20. The Labute approximate surface area is 153 Å². The third kappa shape index (κ3) is 3.65. The number of benzene rings is 1. The molecule has 7 nitrogen and oxygen atoms in total. The molecule has 2 heterocycles. The lowest BCUT2D eigenvalue weighted by molar-refractivity contribution is -0.122. The first-order chi connectivity index (χ1) is 12.5. The van der Waals surface area contributed by atoms with Crippen LogP contribution < -0.4 is 16.4 Å². The fourth-order valence-corrected chi connectivity index (χ4v) is 3.59. The number of carbonyl (C=O) groups excluding carboxylic acids is 2. The van der Waals surface area contributed by atoms with Gasteiger partial charge in [0.15, 0.2) is 0 Å². The number of hydrogen-bond acceptors (Lipinski definition) is 5. The predicted molar refractivity (Wildman–Crippen MR) is 100 cm³/mol. The Balaban J connectivity index is 1.65. The van der Waals surface area contributed by atoms with E-state index < -0.39 is 5.91 Å². The summed E-state index contributed by atoms with van der Waals surface area (Å²) in [5.74, 6) is -0.892. The first-order valence-electron chi connectivity index (χ1n) is 8.12. The van der Waals surface area contributed by atoms with Crippen molar-refractivity contribution >= 4 is 34.1 Å². The predicted octanol–water partition coefficient (Wildman–Crippen LogP) is 1.79. The van der Waals surface area contributed by atoms with Gasteiger partial charge in [0.2, 0.25) is 0 Å². The maximum Gasteiger partial charge on any atom is 0.279 e. The second kappa shape index (κ2) is 7.49. The quantitative estimate of drug-likeness (QED) is 0.685. The van der Waals surface area contributed by atoms with Crippen molar-refractivity contribution in [2.75, 3.05) is 0 Å². The van der Waals surface area contributed by atoms with Crippen molar-refractivity contribution in [3.63, 3.8) is 0 Å². The van der Waals surface area contributed by atoms with Crippen molar-refractivity contribution in [2.24, 2.45) is 0 Å². The molecule has 0 bridgehead atoms. The summed E-state index contributed by atoms with van der Waals surface area (Å²) in [6.45, 7) is 3.74. The molecular formula is C18H18N4O3S. The van der Waals surface area contributed by atoms with Gasteiger partial charge in [0, 0.05) is 4.88 Å². The molecule has 0 aliphatic carbocycles. The number of nitrogens with one attached hydrogen (secondary N) is 2. The highest BCUT2D eigenvalue weighted by molar-refractivity contribution is 7.14. The fourth-order valence-electron chi connectivity index (χ4n) is 2.58. The Bertz CT molecular complexity index is 1040. The van der Waals surface area contributed by atoms with Crippen LogP contribution in [0.15, 0.2) is 41.5 Å². The molecule has 0 aliphatic heterocycles. The first-order valence-corrected chi connectivity index (χ1v) is 8.94. The highest BCUT2D eigenvalue weighted by atomic mass is 32.1. The first kappa shape index (κ1) is 17.8. The average molecular weight is 370 g/mol. The molecule has 1 aromatic carbocycles. The summed E-state index contributed by atoms with van der Waals surface area (Å²) in [4.78, 5) is 42.4. The molecule has 134 valence electrons. The van der Waals surface area contributed by atoms with Gasteiger partial charge in [-0.2, -0.15) is 0 Å². The Morgan fingerprint density at radius 1 is 1.23 bits per heavy atom. The Morgan fingerprint density at radius 2 is 2.00 bits per heavy atom. The highest BCUT2D eigenvalue weighted by Crippen LogP contribution is 2.21. The molecule has 3 aromatic rings. The summed E-state index contributed by atoms with van der Waals surface area (Å²) in [6.07, 6.45) is 2.18. The zero-order chi connectivity index (χ0) is 18.7. The molecule has 3 rings (SSSR count). The number of fused-ring (bicyclic) bond motifs is 1. The SMILES string of the molecule is CCc1sc(C(=O)NNC(=O)Cn2cnc3ccccc3c2=O)cc1C. The molecule has 2 N–H and O–H groups in total. The number of rotatable bonds is 4. The van der Waals surface area contributed by atoms with Gasteiger partial charge in [0.1, 0.15) is 6.54 Å². The summed E-state index contributed by atoms with van der Waals surface area (Å²) >= 11 is 1.40. The van der Waals surface area contributed by atoms with Crippen LogP contribution in [0.2, 0.25) is 0 Å². The molecule has 0 spiro atoms. The van der Waals surface area contributed by atoms with Gasteiger partial charge in [0.05, 0.1) is 22.1 Å². The number of aromatic nitrogens is 2. The maximum atomic E-state index is 12.4. The zero-order valence-corrected chi connectivity index (χ0v) is 15.2. The van der Waals surface area contributed by atoms with Gasteiger partial charge in [-0.25, -0.2) is 4.98 Å². The molecule has 0 saturated heterocycles. The molecule has 0 unspecified atom stereocenters. The van der Waals surface area contributed by atoms with Gasteiger partial charge in [0.25, 0.3) is 17.4 Å². The van der Waals surface area contributed by atoms with E-state index in [0.717, 1.165) is 16.9 Å². The Hall–Kier alpha value is -3.00. The topological polar surface area (TPSA) is 93.1 Å². The monoisotopic (exact) mass is 370 g/mol. The molecular weight excluding hydrogens is 352 g/mol. The maximum absolute atomic E-state index is 12.4. The van der Waals surface area contributed by atoms with E-state index in [-0.39, 0.29) is 18.0 Å². The number of amides is 2. The fraction of sp³-hybridized carbons (Fsp3) is 0.222. The summed E-state index contributed by atoms with van der Waals surface area (Å²) in [6, 6.07) is 8.71. The van der Waals surface area contributed by atoms with Crippen molar-refractivity contribution in [1.82, 2.24) is 20.4 Å². The molecule has 8 heteroatoms. The number of nitrogens with zero attached hydrogens (tertiary/aromatic N) is 2. The molecule has 0 fully saturated rings. The van der Waals surface area contributed by atoms with E-state index in [1.54, 1.807) is 30.3 Å². The zero-order valence-electron chi connectivity index (χ0n) is 14.4. The van der Waals surface area contributed by atoms with Crippen LogP contribution in [0.5, 0.6) is 0 Å². The van der Waals surface area contributed by atoms with E-state index in [4.69, 9.17) is 0 Å². The van der Waals surface area contributed by atoms with Crippen LogP contribution in [0.25, 0.3) is 10.9 Å². The minimum atomic E-state index is -0.512. The van der Waals surface area contributed by atoms with Crippen LogP contribution in [0.1, 0.15) is 27.0 Å². The molecule has 0 saturated carbocycles. The number of hydrazine groups is 1. The second-order valence-electron chi connectivity index (χ2n) is 5.77. The number of para-hydroxylation sites is 1. The average Bonchev–Trinajstić information content (AvgIpc) is 3.03.